The smallest absolute Gasteiger partial charge is 0.305 e. The van der Waals surface area contributed by atoms with E-state index in [0.29, 0.717) is 23.1 Å². The monoisotopic (exact) mass is 441 g/mol. The Morgan fingerprint density at radius 1 is 1.19 bits per heavy atom. The molecule has 1 saturated heterocycles. The summed E-state index contributed by atoms with van der Waals surface area (Å²) >= 11 is 0. The molecule has 2 aromatic heterocycles. The van der Waals surface area contributed by atoms with Crippen molar-refractivity contribution in [3.63, 3.8) is 0 Å². The molecular weight excluding hydrogens is 418 g/mol. The summed E-state index contributed by atoms with van der Waals surface area (Å²) in [4.78, 5) is 36.8. The molecule has 0 unspecified atom stereocenters. The maximum atomic E-state index is 12.5. The van der Waals surface area contributed by atoms with E-state index >= 15 is 0 Å². The second-order valence-corrected chi connectivity index (χ2v) is 7.24. The molecule has 0 aliphatic carbocycles. The number of nitrogens with one attached hydrogen (secondary N) is 1. The lowest BCUT2D eigenvalue weighted by atomic mass is 10.1. The summed E-state index contributed by atoms with van der Waals surface area (Å²) < 4.78 is 17.7. The van der Waals surface area contributed by atoms with E-state index in [-0.39, 0.29) is 24.1 Å². The van der Waals surface area contributed by atoms with Crippen LogP contribution in [0.1, 0.15) is 29.4 Å². The van der Waals surface area contributed by atoms with Crippen molar-refractivity contribution in [1.82, 2.24) is 19.5 Å². The van der Waals surface area contributed by atoms with Gasteiger partial charge < -0.3 is 24.6 Å². The number of esters is 1. The molecule has 1 fully saturated rings. The van der Waals surface area contributed by atoms with E-state index in [4.69, 9.17) is 9.47 Å². The SMILES string of the molecule is COC(=O)CC[C@H]1O[C@@H](n2cnc3c(NC(=O)c4ccccc4)ncnc32)[C@H](O)[C@H]1OC. The molecule has 0 spiro atoms. The van der Waals surface area contributed by atoms with Gasteiger partial charge in [0.2, 0.25) is 0 Å². The molecule has 2 N–H and O–H groups in total. The average molecular weight is 441 g/mol. The van der Waals surface area contributed by atoms with E-state index in [2.05, 4.69) is 25.0 Å². The van der Waals surface area contributed by atoms with Crippen molar-refractivity contribution in [2.75, 3.05) is 19.5 Å². The second kappa shape index (κ2) is 9.39. The Labute approximate surface area is 183 Å². The number of benzene rings is 1. The number of hydrogen-bond acceptors (Lipinski definition) is 9. The highest BCUT2D eigenvalue weighted by Gasteiger charge is 2.45. The maximum Gasteiger partial charge on any atom is 0.305 e. The zero-order chi connectivity index (χ0) is 22.7. The Morgan fingerprint density at radius 2 is 1.97 bits per heavy atom. The van der Waals surface area contributed by atoms with Crippen LogP contribution < -0.4 is 5.32 Å². The van der Waals surface area contributed by atoms with Gasteiger partial charge >= 0.3 is 5.97 Å². The van der Waals surface area contributed by atoms with Gasteiger partial charge in [-0.2, -0.15) is 0 Å². The van der Waals surface area contributed by atoms with Crippen molar-refractivity contribution in [1.29, 1.82) is 0 Å². The summed E-state index contributed by atoms with van der Waals surface area (Å²) in [7, 11) is 2.78. The number of aliphatic hydroxyl groups excluding tert-OH is 1. The molecule has 0 saturated carbocycles. The molecule has 1 aliphatic heterocycles. The van der Waals surface area contributed by atoms with Gasteiger partial charge in [-0.25, -0.2) is 15.0 Å². The number of carbonyl (C=O) groups is 2. The Balaban J connectivity index is 1.58. The minimum absolute atomic E-state index is 0.128. The number of carbonyl (C=O) groups excluding carboxylic acids is 2. The van der Waals surface area contributed by atoms with Gasteiger partial charge in [0.15, 0.2) is 23.2 Å². The van der Waals surface area contributed by atoms with Crippen LogP contribution in [0.3, 0.4) is 0 Å². The number of aromatic nitrogens is 4. The van der Waals surface area contributed by atoms with Crippen molar-refractivity contribution < 1.29 is 28.9 Å². The Hall–Kier alpha value is -3.41. The molecule has 0 bridgehead atoms. The van der Waals surface area contributed by atoms with E-state index in [1.165, 1.54) is 26.9 Å². The van der Waals surface area contributed by atoms with Crippen molar-refractivity contribution in [3.05, 3.63) is 48.5 Å². The molecule has 4 atom stereocenters. The predicted octanol–water partition coefficient (Wildman–Crippen LogP) is 1.31. The first kappa shape index (κ1) is 21.8. The molecule has 1 aliphatic rings. The number of anilines is 1. The van der Waals surface area contributed by atoms with Crippen LogP contribution in [-0.2, 0) is 19.0 Å². The van der Waals surface area contributed by atoms with Crippen LogP contribution in [0, 0.1) is 0 Å². The normalized spacial score (nSPS) is 22.7. The fourth-order valence-corrected chi connectivity index (χ4v) is 3.73. The largest absolute Gasteiger partial charge is 0.469 e. The van der Waals surface area contributed by atoms with Crippen LogP contribution in [-0.4, -0.2) is 69.0 Å². The molecule has 11 nitrogen and oxygen atoms in total. The Bertz CT molecular complexity index is 1100. The summed E-state index contributed by atoms with van der Waals surface area (Å²) in [5.74, 6) is -0.471. The minimum Gasteiger partial charge on any atom is -0.469 e. The van der Waals surface area contributed by atoms with Gasteiger partial charge in [-0.15, -0.1) is 0 Å². The molecule has 3 aromatic rings. The van der Waals surface area contributed by atoms with Gasteiger partial charge in [-0.1, -0.05) is 18.2 Å². The number of hydrogen-bond donors (Lipinski definition) is 2. The third kappa shape index (κ3) is 4.17. The Morgan fingerprint density at radius 3 is 2.69 bits per heavy atom. The number of aliphatic hydroxyl groups is 1. The fourth-order valence-electron chi connectivity index (χ4n) is 3.73. The van der Waals surface area contributed by atoms with Gasteiger partial charge in [0, 0.05) is 19.1 Å². The highest BCUT2D eigenvalue weighted by Crippen LogP contribution is 2.35. The van der Waals surface area contributed by atoms with E-state index in [1.807, 2.05) is 6.07 Å². The van der Waals surface area contributed by atoms with Crippen LogP contribution >= 0.6 is 0 Å². The number of imidazole rings is 1. The molecular formula is C21H23N5O6. The third-order valence-corrected chi connectivity index (χ3v) is 5.34. The molecule has 1 amide bonds. The lowest BCUT2D eigenvalue weighted by Gasteiger charge is -2.18. The van der Waals surface area contributed by atoms with Crippen LogP contribution in [0.2, 0.25) is 0 Å². The number of rotatable bonds is 7. The van der Waals surface area contributed by atoms with E-state index in [9.17, 15) is 14.7 Å². The molecule has 32 heavy (non-hydrogen) atoms. The van der Waals surface area contributed by atoms with Crippen LogP contribution in [0.4, 0.5) is 5.82 Å². The average Bonchev–Trinajstić information content (AvgIpc) is 3.38. The van der Waals surface area contributed by atoms with Gasteiger partial charge in [0.1, 0.15) is 18.5 Å². The molecule has 1 aromatic carbocycles. The molecule has 4 rings (SSSR count). The van der Waals surface area contributed by atoms with Gasteiger partial charge in [0.25, 0.3) is 5.91 Å². The van der Waals surface area contributed by atoms with Crippen molar-refractivity contribution in [2.24, 2.45) is 0 Å². The van der Waals surface area contributed by atoms with Gasteiger partial charge in [-0.3, -0.25) is 14.2 Å². The first-order chi connectivity index (χ1) is 15.5. The van der Waals surface area contributed by atoms with Crippen LogP contribution in [0.25, 0.3) is 11.2 Å². The molecule has 3 heterocycles. The number of methoxy groups -OCH3 is 2. The third-order valence-electron chi connectivity index (χ3n) is 5.34. The predicted molar refractivity (Wildman–Crippen MR) is 112 cm³/mol. The minimum atomic E-state index is -1.03. The molecule has 11 heteroatoms. The fraction of sp³-hybridized carbons (Fsp3) is 0.381. The highest BCUT2D eigenvalue weighted by atomic mass is 16.6. The topological polar surface area (TPSA) is 138 Å². The van der Waals surface area contributed by atoms with Crippen molar-refractivity contribution >= 4 is 28.9 Å². The van der Waals surface area contributed by atoms with Gasteiger partial charge in [-0.05, 0) is 18.6 Å². The maximum absolute atomic E-state index is 12.5. The summed E-state index contributed by atoms with van der Waals surface area (Å²) in [5, 5.41) is 13.5. The first-order valence-electron chi connectivity index (χ1n) is 10.0. The quantitative estimate of drug-likeness (QED) is 0.520. The van der Waals surface area contributed by atoms with E-state index in [1.54, 1.807) is 28.8 Å². The zero-order valence-corrected chi connectivity index (χ0v) is 17.5. The second-order valence-electron chi connectivity index (χ2n) is 7.24. The highest BCUT2D eigenvalue weighted by molar-refractivity contribution is 6.06. The van der Waals surface area contributed by atoms with Crippen molar-refractivity contribution in [2.45, 2.75) is 37.4 Å². The number of nitrogens with zero attached hydrogens (tertiary/aromatic N) is 4. The zero-order valence-electron chi connectivity index (χ0n) is 17.5. The summed E-state index contributed by atoms with van der Waals surface area (Å²) in [6, 6.07) is 8.73. The standard InChI is InChI=1S/C21H23N5O6/c1-30-14(27)9-8-13-17(31-2)16(28)21(32-13)26-11-24-15-18(22-10-23-19(15)26)25-20(29)12-6-4-3-5-7-12/h3-7,10-11,13,16-17,21,28H,8-9H2,1-2H3,(H,22,23,25,29)/t13-,16-,17+,21-/m1/s1. The summed E-state index contributed by atoms with van der Waals surface area (Å²) in [5.41, 5.74) is 1.19. The van der Waals surface area contributed by atoms with Crippen LogP contribution in [0.15, 0.2) is 43.0 Å². The molecule has 168 valence electrons. The lowest BCUT2D eigenvalue weighted by molar-refractivity contribution is -0.141. The first-order valence-corrected chi connectivity index (χ1v) is 10.0. The number of amides is 1. The van der Waals surface area contributed by atoms with E-state index in [0.717, 1.165) is 0 Å². The lowest BCUT2D eigenvalue weighted by Crippen LogP contribution is -2.33. The number of fused-ring (bicyclic) bond motifs is 1. The van der Waals surface area contributed by atoms with E-state index < -0.39 is 24.5 Å². The number of ether oxygens (including phenoxy) is 3. The molecule has 0 radical (unpaired) electrons. The van der Waals surface area contributed by atoms with Gasteiger partial charge in [0.05, 0.1) is 19.5 Å². The summed E-state index contributed by atoms with van der Waals surface area (Å²) in [6.07, 6.45) is 0.141. The summed E-state index contributed by atoms with van der Waals surface area (Å²) in [6.45, 7) is 0. The Kier molecular flexibility index (Phi) is 6.40. The van der Waals surface area contributed by atoms with Crippen molar-refractivity contribution in [3.8, 4) is 0 Å². The van der Waals surface area contributed by atoms with Crippen LogP contribution in [0.5, 0.6) is 0 Å².